The number of piperidine rings is 1. The average molecular weight is 688 g/mol. The Morgan fingerprint density at radius 2 is 1.54 bits per heavy atom. The fourth-order valence-corrected chi connectivity index (χ4v) is 8.92. The Bertz CT molecular complexity index is 1530. The Hall–Kier alpha value is -3.48. The number of nitrogens with one attached hydrogen (secondary N) is 3. The van der Waals surface area contributed by atoms with Crippen molar-refractivity contribution in [2.24, 2.45) is 39.7 Å². The normalized spacial score (nSPS) is 23.9. The minimum atomic E-state index is -3.75. The second kappa shape index (κ2) is 13.4. The lowest BCUT2D eigenvalue weighted by Gasteiger charge is -2.39. The predicted octanol–water partition coefficient (Wildman–Crippen LogP) is 2.80. The number of carbonyl (C=O) groups excluding carboxylic acids is 5. The molecule has 4 rings (SSSR count). The SMILES string of the molecule is CC(C)(C)[C@H](NC(=O)N[C@H](CS(=O)(=O)c1ccccc1)C(C)(C)C)C(=O)N1C[C@H]2C([C@H]1C(=O)NC(CC1CCC1)C(=O)C(N)=O)C2(C)C. The van der Waals surface area contributed by atoms with E-state index in [1.807, 2.05) is 34.6 Å². The highest BCUT2D eigenvalue weighted by Gasteiger charge is 2.70. The zero-order chi connectivity index (χ0) is 36.0. The van der Waals surface area contributed by atoms with E-state index in [1.54, 1.807) is 39.0 Å². The van der Waals surface area contributed by atoms with Gasteiger partial charge in [0.15, 0.2) is 9.84 Å². The molecule has 266 valence electrons. The molecule has 0 spiro atoms. The zero-order valence-electron chi connectivity index (χ0n) is 29.5. The lowest BCUT2D eigenvalue weighted by Crippen LogP contribution is -2.62. The molecule has 5 N–H and O–H groups in total. The molecule has 3 fully saturated rings. The van der Waals surface area contributed by atoms with Gasteiger partial charge in [0, 0.05) is 12.6 Å². The van der Waals surface area contributed by atoms with Gasteiger partial charge in [-0.15, -0.1) is 0 Å². The summed E-state index contributed by atoms with van der Waals surface area (Å²) in [5.74, 6) is -3.21. The molecule has 3 aliphatic rings. The molecular formula is C35H53N5O7S. The van der Waals surface area contributed by atoms with Crippen LogP contribution in [0.4, 0.5) is 4.79 Å². The van der Waals surface area contributed by atoms with E-state index in [2.05, 4.69) is 16.0 Å². The highest BCUT2D eigenvalue weighted by Crippen LogP contribution is 2.65. The number of ketones is 1. The van der Waals surface area contributed by atoms with Gasteiger partial charge in [0.25, 0.3) is 5.91 Å². The van der Waals surface area contributed by atoms with E-state index >= 15 is 0 Å². The quantitative estimate of drug-likeness (QED) is 0.244. The number of fused-ring (bicyclic) bond motifs is 1. The minimum Gasteiger partial charge on any atom is -0.363 e. The fourth-order valence-electron chi connectivity index (χ4n) is 7.13. The molecule has 1 aliphatic heterocycles. The lowest BCUT2D eigenvalue weighted by molar-refractivity contribution is -0.145. The van der Waals surface area contributed by atoms with Gasteiger partial charge in [0.05, 0.1) is 16.7 Å². The van der Waals surface area contributed by atoms with Crippen molar-refractivity contribution in [1.82, 2.24) is 20.9 Å². The van der Waals surface area contributed by atoms with Crippen molar-refractivity contribution in [3.05, 3.63) is 30.3 Å². The molecule has 1 aromatic carbocycles. The molecule has 0 aromatic heterocycles. The number of amides is 5. The Labute approximate surface area is 284 Å². The predicted molar refractivity (Wildman–Crippen MR) is 181 cm³/mol. The number of hydrogen-bond acceptors (Lipinski definition) is 7. The molecule has 0 radical (unpaired) electrons. The van der Waals surface area contributed by atoms with Crippen LogP contribution in [0.5, 0.6) is 0 Å². The Morgan fingerprint density at radius 1 is 0.938 bits per heavy atom. The van der Waals surface area contributed by atoms with Crippen molar-refractivity contribution in [1.29, 1.82) is 0 Å². The van der Waals surface area contributed by atoms with Gasteiger partial charge in [-0.05, 0) is 52.6 Å². The first-order valence-electron chi connectivity index (χ1n) is 16.8. The molecule has 2 aliphatic carbocycles. The van der Waals surface area contributed by atoms with Crippen molar-refractivity contribution < 1.29 is 32.4 Å². The van der Waals surface area contributed by atoms with Gasteiger partial charge in [-0.3, -0.25) is 19.2 Å². The Kier molecular flexibility index (Phi) is 10.5. The van der Waals surface area contributed by atoms with E-state index in [0.717, 1.165) is 19.3 Å². The summed E-state index contributed by atoms with van der Waals surface area (Å²) in [6.45, 7) is 15.2. The summed E-state index contributed by atoms with van der Waals surface area (Å²) in [5, 5.41) is 8.39. The number of carbonyl (C=O) groups is 5. The van der Waals surface area contributed by atoms with Crippen LogP contribution in [-0.2, 0) is 29.0 Å². The number of likely N-dealkylation sites (tertiary alicyclic amines) is 1. The number of sulfone groups is 1. The summed E-state index contributed by atoms with van der Waals surface area (Å²) in [7, 11) is -3.75. The second-order valence-electron chi connectivity index (χ2n) is 16.6. The van der Waals surface area contributed by atoms with E-state index < -0.39 is 74.4 Å². The number of nitrogens with two attached hydrogens (primary N) is 1. The number of benzene rings is 1. The Balaban J connectivity index is 1.54. The summed E-state index contributed by atoms with van der Waals surface area (Å²) < 4.78 is 26.5. The second-order valence-corrected chi connectivity index (χ2v) is 18.7. The summed E-state index contributed by atoms with van der Waals surface area (Å²) >= 11 is 0. The van der Waals surface area contributed by atoms with Crippen LogP contribution in [0.15, 0.2) is 35.2 Å². The molecule has 6 atom stereocenters. The maximum atomic E-state index is 14.3. The van der Waals surface area contributed by atoms with Crippen LogP contribution in [0, 0.1) is 34.0 Å². The molecule has 0 bridgehead atoms. The number of nitrogens with zero attached hydrogens (tertiary/aromatic N) is 1. The molecule has 1 saturated heterocycles. The van der Waals surface area contributed by atoms with Crippen molar-refractivity contribution in [3.8, 4) is 0 Å². The zero-order valence-corrected chi connectivity index (χ0v) is 30.3. The van der Waals surface area contributed by atoms with Gasteiger partial charge in [-0.1, -0.05) is 92.9 Å². The number of hydrogen-bond donors (Lipinski definition) is 4. The third kappa shape index (κ3) is 8.03. The van der Waals surface area contributed by atoms with Crippen LogP contribution in [0.3, 0.4) is 0 Å². The van der Waals surface area contributed by atoms with E-state index in [4.69, 9.17) is 5.73 Å². The molecule has 5 amide bonds. The molecule has 12 nitrogen and oxygen atoms in total. The van der Waals surface area contributed by atoms with Crippen LogP contribution in [0.1, 0.15) is 81.1 Å². The minimum absolute atomic E-state index is 0.0389. The van der Waals surface area contributed by atoms with Crippen LogP contribution < -0.4 is 21.7 Å². The van der Waals surface area contributed by atoms with Crippen molar-refractivity contribution in [2.75, 3.05) is 12.3 Å². The number of primary amides is 1. The van der Waals surface area contributed by atoms with E-state index in [0.29, 0.717) is 13.0 Å². The molecular weight excluding hydrogens is 634 g/mol. The molecule has 2 saturated carbocycles. The summed E-state index contributed by atoms with van der Waals surface area (Å²) in [4.78, 5) is 68.1. The first kappa shape index (κ1) is 37.3. The number of urea groups is 1. The summed E-state index contributed by atoms with van der Waals surface area (Å²) in [5.41, 5.74) is 3.67. The van der Waals surface area contributed by atoms with Gasteiger partial charge in [-0.25, -0.2) is 13.2 Å². The van der Waals surface area contributed by atoms with Gasteiger partial charge < -0.3 is 26.6 Å². The number of rotatable bonds is 12. The summed E-state index contributed by atoms with van der Waals surface area (Å²) in [6.07, 6.45) is 3.14. The third-order valence-corrected chi connectivity index (χ3v) is 12.4. The van der Waals surface area contributed by atoms with Crippen molar-refractivity contribution in [2.45, 2.75) is 110 Å². The highest BCUT2D eigenvalue weighted by atomic mass is 32.2. The average Bonchev–Trinajstić information content (AvgIpc) is 3.26. The van der Waals surface area contributed by atoms with Gasteiger partial charge in [0.2, 0.25) is 17.6 Å². The molecule has 1 heterocycles. The number of Topliss-reactive ketones (excluding diaryl/α,β-unsaturated/α-hetero) is 1. The standard InChI is InChI=1S/C35H53N5O7S/c1-33(2,3)24(19-48(46,47)21-15-10-9-11-16-21)38-32(45)39-28(34(4,5)6)31(44)40-18-22-25(35(22,7)8)26(40)30(43)37-23(27(41)29(36)42)17-20-13-12-14-20/h9-11,15-16,20,22-26,28H,12-14,17-19H2,1-8H3,(H2,36,42)(H,37,43)(H2,38,39,45)/t22-,23?,24+,25?,26-,28+/m0/s1. The van der Waals surface area contributed by atoms with Gasteiger partial charge in [-0.2, -0.15) is 0 Å². The van der Waals surface area contributed by atoms with E-state index in [1.165, 1.54) is 17.0 Å². The van der Waals surface area contributed by atoms with Crippen LogP contribution in [0.25, 0.3) is 0 Å². The molecule has 2 unspecified atom stereocenters. The topological polar surface area (TPSA) is 185 Å². The molecule has 1 aromatic rings. The lowest BCUT2D eigenvalue weighted by atomic mass is 9.80. The summed E-state index contributed by atoms with van der Waals surface area (Å²) in [6, 6.07) is 3.48. The highest BCUT2D eigenvalue weighted by molar-refractivity contribution is 7.91. The molecule has 13 heteroatoms. The first-order valence-corrected chi connectivity index (χ1v) is 18.5. The monoisotopic (exact) mass is 687 g/mol. The fraction of sp³-hybridized carbons (Fsp3) is 0.686. The smallest absolute Gasteiger partial charge is 0.315 e. The van der Waals surface area contributed by atoms with Crippen LogP contribution in [0.2, 0.25) is 0 Å². The van der Waals surface area contributed by atoms with Crippen molar-refractivity contribution >= 4 is 39.4 Å². The van der Waals surface area contributed by atoms with Gasteiger partial charge in [0.1, 0.15) is 12.1 Å². The van der Waals surface area contributed by atoms with Crippen LogP contribution in [-0.4, -0.2) is 79.3 Å². The van der Waals surface area contributed by atoms with Crippen molar-refractivity contribution in [3.63, 3.8) is 0 Å². The first-order chi connectivity index (χ1) is 22.1. The third-order valence-electron chi connectivity index (χ3n) is 10.7. The van der Waals surface area contributed by atoms with Crippen LogP contribution >= 0.6 is 0 Å². The molecule has 48 heavy (non-hydrogen) atoms. The van der Waals surface area contributed by atoms with E-state index in [9.17, 15) is 32.4 Å². The van der Waals surface area contributed by atoms with E-state index in [-0.39, 0.29) is 33.8 Å². The largest absolute Gasteiger partial charge is 0.363 e. The van der Waals surface area contributed by atoms with Gasteiger partial charge >= 0.3 is 6.03 Å². The maximum absolute atomic E-state index is 14.3. The maximum Gasteiger partial charge on any atom is 0.315 e. The Morgan fingerprint density at radius 3 is 2.04 bits per heavy atom.